The van der Waals surface area contributed by atoms with E-state index in [0.29, 0.717) is 6.54 Å². The maximum Gasteiger partial charge on any atom is 0.236 e. The topological polar surface area (TPSA) is 49.6 Å². The first kappa shape index (κ1) is 10.0. The minimum atomic E-state index is 0.0281. The van der Waals surface area contributed by atoms with Gasteiger partial charge in [0.05, 0.1) is 13.1 Å². The number of terminal acetylenes is 1. The lowest BCUT2D eigenvalue weighted by molar-refractivity contribution is -0.131. The number of carbonyl (C=O) groups is 1. The SMILES string of the molecule is C#CCN1CCN(C(=O)CN)CC1. The maximum absolute atomic E-state index is 11.2. The Morgan fingerprint density at radius 1 is 1.38 bits per heavy atom. The van der Waals surface area contributed by atoms with Crippen LogP contribution in [0.25, 0.3) is 0 Å². The van der Waals surface area contributed by atoms with Crippen LogP contribution >= 0.6 is 0 Å². The summed E-state index contributed by atoms with van der Waals surface area (Å²) in [7, 11) is 0. The number of piperazine rings is 1. The molecule has 1 amide bonds. The van der Waals surface area contributed by atoms with Crippen LogP contribution in [0.1, 0.15) is 0 Å². The van der Waals surface area contributed by atoms with Gasteiger partial charge in [0.2, 0.25) is 5.91 Å². The molecule has 0 spiro atoms. The average molecular weight is 181 g/mol. The van der Waals surface area contributed by atoms with E-state index in [2.05, 4.69) is 10.8 Å². The smallest absolute Gasteiger partial charge is 0.236 e. The number of nitrogens with two attached hydrogens (primary N) is 1. The fraction of sp³-hybridized carbons (Fsp3) is 0.667. The molecule has 1 saturated heterocycles. The molecule has 1 aliphatic heterocycles. The third-order valence-electron chi connectivity index (χ3n) is 2.21. The van der Waals surface area contributed by atoms with Crippen LogP contribution in [0.3, 0.4) is 0 Å². The largest absolute Gasteiger partial charge is 0.339 e. The van der Waals surface area contributed by atoms with Gasteiger partial charge in [-0.05, 0) is 0 Å². The zero-order valence-electron chi connectivity index (χ0n) is 7.70. The second kappa shape index (κ2) is 4.85. The van der Waals surface area contributed by atoms with E-state index >= 15 is 0 Å². The van der Waals surface area contributed by atoms with Crippen LogP contribution in [0.5, 0.6) is 0 Å². The highest BCUT2D eigenvalue weighted by atomic mass is 16.2. The first-order valence-electron chi connectivity index (χ1n) is 4.41. The molecule has 1 rings (SSSR count). The summed E-state index contributed by atoms with van der Waals surface area (Å²) >= 11 is 0. The molecule has 0 bridgehead atoms. The number of carbonyl (C=O) groups excluding carboxylic acids is 1. The van der Waals surface area contributed by atoms with Crippen molar-refractivity contribution in [2.24, 2.45) is 5.73 Å². The fourth-order valence-electron chi connectivity index (χ4n) is 1.41. The molecule has 1 fully saturated rings. The van der Waals surface area contributed by atoms with Crippen LogP contribution < -0.4 is 5.73 Å². The summed E-state index contributed by atoms with van der Waals surface area (Å²) in [5, 5.41) is 0. The molecular weight excluding hydrogens is 166 g/mol. The predicted octanol–water partition coefficient (Wildman–Crippen LogP) is -1.28. The van der Waals surface area contributed by atoms with Crippen molar-refractivity contribution < 1.29 is 4.79 Å². The van der Waals surface area contributed by atoms with Gasteiger partial charge in [-0.15, -0.1) is 6.42 Å². The lowest BCUT2D eigenvalue weighted by Crippen LogP contribution is -2.50. The van der Waals surface area contributed by atoms with Crippen molar-refractivity contribution in [1.82, 2.24) is 9.80 Å². The van der Waals surface area contributed by atoms with Crippen LogP contribution in [0.2, 0.25) is 0 Å². The molecule has 0 aromatic heterocycles. The molecule has 1 heterocycles. The zero-order chi connectivity index (χ0) is 9.68. The number of nitrogens with zero attached hydrogens (tertiary/aromatic N) is 2. The molecule has 2 N–H and O–H groups in total. The number of hydrogen-bond donors (Lipinski definition) is 1. The lowest BCUT2D eigenvalue weighted by Gasteiger charge is -2.33. The van der Waals surface area contributed by atoms with E-state index in [0.717, 1.165) is 26.2 Å². The van der Waals surface area contributed by atoms with Crippen LogP contribution in [-0.2, 0) is 4.79 Å². The predicted molar refractivity (Wildman–Crippen MR) is 50.9 cm³/mol. The number of hydrogen-bond acceptors (Lipinski definition) is 3. The summed E-state index contributed by atoms with van der Waals surface area (Å²) in [6.45, 7) is 3.99. The summed E-state index contributed by atoms with van der Waals surface area (Å²) < 4.78 is 0. The molecule has 13 heavy (non-hydrogen) atoms. The standard InChI is InChI=1S/C9H15N3O/c1-2-3-11-4-6-12(7-5-11)9(13)8-10/h1H,3-8,10H2. The van der Waals surface area contributed by atoms with Crippen molar-refractivity contribution in [3.63, 3.8) is 0 Å². The fourth-order valence-corrected chi connectivity index (χ4v) is 1.41. The molecule has 0 aliphatic carbocycles. The Balaban J connectivity index is 2.31. The highest BCUT2D eigenvalue weighted by Crippen LogP contribution is 2.00. The Bertz CT molecular complexity index is 213. The molecule has 4 nitrogen and oxygen atoms in total. The van der Waals surface area contributed by atoms with E-state index in [4.69, 9.17) is 12.2 Å². The highest BCUT2D eigenvalue weighted by Gasteiger charge is 2.18. The molecule has 0 atom stereocenters. The van der Waals surface area contributed by atoms with Gasteiger partial charge in [-0.1, -0.05) is 5.92 Å². The number of amides is 1. The van der Waals surface area contributed by atoms with Crippen molar-refractivity contribution in [3.8, 4) is 12.3 Å². The second-order valence-electron chi connectivity index (χ2n) is 3.07. The summed E-state index contributed by atoms with van der Waals surface area (Å²) in [6, 6.07) is 0. The monoisotopic (exact) mass is 181 g/mol. The average Bonchev–Trinajstić information content (AvgIpc) is 2.18. The minimum Gasteiger partial charge on any atom is -0.339 e. The van der Waals surface area contributed by atoms with Gasteiger partial charge in [0.25, 0.3) is 0 Å². The normalized spacial score (nSPS) is 18.3. The van der Waals surface area contributed by atoms with Gasteiger partial charge in [0, 0.05) is 26.2 Å². The summed E-state index contributed by atoms with van der Waals surface area (Å²) in [6.07, 6.45) is 5.19. The summed E-state index contributed by atoms with van der Waals surface area (Å²) in [5.41, 5.74) is 5.26. The molecule has 0 unspecified atom stereocenters. The quantitative estimate of drug-likeness (QED) is 0.540. The van der Waals surface area contributed by atoms with Crippen LogP contribution in [-0.4, -0.2) is 55.0 Å². The zero-order valence-corrected chi connectivity index (χ0v) is 7.70. The van der Waals surface area contributed by atoms with E-state index in [1.54, 1.807) is 4.90 Å². The Hall–Kier alpha value is -1.05. The summed E-state index contributed by atoms with van der Waals surface area (Å²) in [4.78, 5) is 15.1. The Kier molecular flexibility index (Phi) is 3.74. The number of rotatable bonds is 2. The van der Waals surface area contributed by atoms with Gasteiger partial charge >= 0.3 is 0 Å². The van der Waals surface area contributed by atoms with Gasteiger partial charge in [0.15, 0.2) is 0 Å². The minimum absolute atomic E-state index is 0.0281. The van der Waals surface area contributed by atoms with Gasteiger partial charge in [-0.2, -0.15) is 0 Å². The first-order valence-corrected chi connectivity index (χ1v) is 4.41. The molecule has 0 aromatic carbocycles. The Morgan fingerprint density at radius 3 is 2.46 bits per heavy atom. The molecule has 0 radical (unpaired) electrons. The van der Waals surface area contributed by atoms with Crippen molar-refractivity contribution in [3.05, 3.63) is 0 Å². The van der Waals surface area contributed by atoms with Gasteiger partial charge < -0.3 is 10.6 Å². The van der Waals surface area contributed by atoms with E-state index in [1.807, 2.05) is 0 Å². The molecule has 0 saturated carbocycles. The van der Waals surface area contributed by atoms with Crippen molar-refractivity contribution >= 4 is 5.91 Å². The Morgan fingerprint density at radius 2 is 2.00 bits per heavy atom. The third-order valence-corrected chi connectivity index (χ3v) is 2.21. The summed E-state index contributed by atoms with van der Waals surface area (Å²) in [5.74, 6) is 2.62. The Labute approximate surface area is 78.7 Å². The van der Waals surface area contributed by atoms with Crippen LogP contribution in [0, 0.1) is 12.3 Å². The molecular formula is C9H15N3O. The molecule has 0 aromatic rings. The van der Waals surface area contributed by atoms with Crippen molar-refractivity contribution in [1.29, 1.82) is 0 Å². The van der Waals surface area contributed by atoms with Crippen LogP contribution in [0.15, 0.2) is 0 Å². The van der Waals surface area contributed by atoms with Gasteiger partial charge in [0.1, 0.15) is 0 Å². The van der Waals surface area contributed by atoms with Crippen molar-refractivity contribution in [2.45, 2.75) is 0 Å². The second-order valence-corrected chi connectivity index (χ2v) is 3.07. The molecule has 1 aliphatic rings. The van der Waals surface area contributed by atoms with E-state index in [1.165, 1.54) is 0 Å². The van der Waals surface area contributed by atoms with Gasteiger partial charge in [-0.3, -0.25) is 9.69 Å². The van der Waals surface area contributed by atoms with E-state index in [9.17, 15) is 4.79 Å². The highest BCUT2D eigenvalue weighted by molar-refractivity contribution is 5.78. The molecule has 72 valence electrons. The maximum atomic E-state index is 11.2. The van der Waals surface area contributed by atoms with E-state index < -0.39 is 0 Å². The molecule has 4 heteroatoms. The van der Waals surface area contributed by atoms with Crippen LogP contribution in [0.4, 0.5) is 0 Å². The van der Waals surface area contributed by atoms with Gasteiger partial charge in [-0.25, -0.2) is 0 Å². The third kappa shape index (κ3) is 2.72. The van der Waals surface area contributed by atoms with Crippen molar-refractivity contribution in [2.75, 3.05) is 39.3 Å². The first-order chi connectivity index (χ1) is 6.27. The lowest BCUT2D eigenvalue weighted by atomic mass is 10.3. The van der Waals surface area contributed by atoms with E-state index in [-0.39, 0.29) is 12.5 Å².